The van der Waals surface area contributed by atoms with Crippen molar-refractivity contribution < 1.29 is 14.3 Å². The average molecular weight is 219 g/mol. The SMILES string of the molecule is COc1ccc(NC(=O)C2=COCC2)cc1. The Kier molecular flexibility index (Phi) is 3.10. The average Bonchev–Trinajstić information content (AvgIpc) is 2.83. The Bertz CT molecular complexity index is 409. The van der Waals surface area contributed by atoms with Crippen molar-refractivity contribution in [1.29, 1.82) is 0 Å². The molecule has 0 fully saturated rings. The molecule has 0 radical (unpaired) electrons. The monoisotopic (exact) mass is 219 g/mol. The molecule has 1 aromatic rings. The summed E-state index contributed by atoms with van der Waals surface area (Å²) in [7, 11) is 1.61. The van der Waals surface area contributed by atoms with Gasteiger partial charge in [0, 0.05) is 12.1 Å². The third-order valence-electron chi connectivity index (χ3n) is 2.35. The van der Waals surface area contributed by atoms with Crippen molar-refractivity contribution in [3.8, 4) is 5.75 Å². The topological polar surface area (TPSA) is 47.6 Å². The van der Waals surface area contributed by atoms with E-state index in [1.54, 1.807) is 31.4 Å². The Morgan fingerprint density at radius 1 is 1.38 bits per heavy atom. The molecule has 1 heterocycles. The molecule has 0 saturated carbocycles. The minimum absolute atomic E-state index is 0.109. The predicted octanol–water partition coefficient (Wildman–Crippen LogP) is 1.94. The first-order chi connectivity index (χ1) is 7.79. The van der Waals surface area contributed by atoms with Crippen molar-refractivity contribution in [3.05, 3.63) is 36.1 Å². The molecule has 1 N–H and O–H groups in total. The zero-order chi connectivity index (χ0) is 11.4. The molecule has 4 nitrogen and oxygen atoms in total. The highest BCUT2D eigenvalue weighted by Gasteiger charge is 2.14. The number of nitrogens with one attached hydrogen (secondary N) is 1. The lowest BCUT2D eigenvalue weighted by molar-refractivity contribution is -0.112. The third kappa shape index (κ3) is 2.34. The summed E-state index contributed by atoms with van der Waals surface area (Å²) in [4.78, 5) is 11.7. The molecule has 0 aliphatic carbocycles. The molecule has 0 atom stereocenters. The quantitative estimate of drug-likeness (QED) is 0.845. The van der Waals surface area contributed by atoms with Crippen LogP contribution in [0.25, 0.3) is 0 Å². The number of carbonyl (C=O) groups is 1. The Balaban J connectivity index is 2.00. The van der Waals surface area contributed by atoms with E-state index in [-0.39, 0.29) is 5.91 Å². The fourth-order valence-corrected chi connectivity index (χ4v) is 1.44. The molecule has 1 aliphatic heterocycles. The number of rotatable bonds is 3. The zero-order valence-corrected chi connectivity index (χ0v) is 9.03. The first-order valence-corrected chi connectivity index (χ1v) is 5.05. The maximum Gasteiger partial charge on any atom is 0.254 e. The molecule has 1 amide bonds. The van der Waals surface area contributed by atoms with Crippen molar-refractivity contribution in [2.45, 2.75) is 6.42 Å². The van der Waals surface area contributed by atoms with Crippen LogP contribution in [0.2, 0.25) is 0 Å². The van der Waals surface area contributed by atoms with Crippen LogP contribution in [0, 0.1) is 0 Å². The number of hydrogen-bond acceptors (Lipinski definition) is 3. The van der Waals surface area contributed by atoms with E-state index >= 15 is 0 Å². The molecule has 0 saturated heterocycles. The molecule has 1 aromatic carbocycles. The van der Waals surface area contributed by atoms with Gasteiger partial charge in [0.1, 0.15) is 5.75 Å². The normalized spacial score (nSPS) is 13.9. The number of hydrogen-bond donors (Lipinski definition) is 1. The summed E-state index contributed by atoms with van der Waals surface area (Å²) in [6.07, 6.45) is 2.18. The van der Waals surface area contributed by atoms with Crippen molar-refractivity contribution in [1.82, 2.24) is 0 Å². The summed E-state index contributed by atoms with van der Waals surface area (Å²) < 4.78 is 10.0. The van der Waals surface area contributed by atoms with Crippen LogP contribution in [0.3, 0.4) is 0 Å². The molecular weight excluding hydrogens is 206 g/mol. The fraction of sp³-hybridized carbons (Fsp3) is 0.250. The van der Waals surface area contributed by atoms with Crippen LogP contribution in [0.4, 0.5) is 5.69 Å². The van der Waals surface area contributed by atoms with Gasteiger partial charge in [0.2, 0.25) is 0 Å². The van der Waals surface area contributed by atoms with E-state index < -0.39 is 0 Å². The molecule has 0 bridgehead atoms. The van der Waals surface area contributed by atoms with E-state index in [9.17, 15) is 4.79 Å². The van der Waals surface area contributed by atoms with Gasteiger partial charge in [-0.3, -0.25) is 4.79 Å². The van der Waals surface area contributed by atoms with Gasteiger partial charge in [-0.25, -0.2) is 0 Å². The second-order valence-corrected chi connectivity index (χ2v) is 3.45. The van der Waals surface area contributed by atoms with Crippen LogP contribution in [0.15, 0.2) is 36.1 Å². The molecule has 84 valence electrons. The number of carbonyl (C=O) groups excluding carboxylic acids is 1. The Morgan fingerprint density at radius 2 is 2.12 bits per heavy atom. The highest BCUT2D eigenvalue weighted by Crippen LogP contribution is 2.17. The molecule has 0 spiro atoms. The molecule has 4 heteroatoms. The summed E-state index contributed by atoms with van der Waals surface area (Å²) in [5.74, 6) is 0.657. The maximum absolute atomic E-state index is 11.7. The van der Waals surface area contributed by atoms with Crippen molar-refractivity contribution >= 4 is 11.6 Å². The lowest BCUT2D eigenvalue weighted by Crippen LogP contribution is -2.13. The summed E-state index contributed by atoms with van der Waals surface area (Å²) in [6.45, 7) is 0.589. The van der Waals surface area contributed by atoms with Crippen LogP contribution in [-0.4, -0.2) is 19.6 Å². The molecular formula is C12H13NO3. The second-order valence-electron chi connectivity index (χ2n) is 3.45. The van der Waals surface area contributed by atoms with Crippen LogP contribution in [0.1, 0.15) is 6.42 Å². The number of amides is 1. The van der Waals surface area contributed by atoms with Crippen molar-refractivity contribution in [3.63, 3.8) is 0 Å². The Labute approximate surface area is 93.9 Å². The standard InChI is InChI=1S/C12H13NO3/c1-15-11-4-2-10(3-5-11)13-12(14)9-6-7-16-8-9/h2-5,8H,6-7H2,1H3,(H,13,14). The second kappa shape index (κ2) is 4.70. The summed E-state index contributed by atoms with van der Waals surface area (Å²) >= 11 is 0. The van der Waals surface area contributed by atoms with Crippen molar-refractivity contribution in [2.75, 3.05) is 19.0 Å². The van der Waals surface area contributed by atoms with E-state index in [1.807, 2.05) is 0 Å². The van der Waals surface area contributed by atoms with E-state index in [4.69, 9.17) is 9.47 Å². The van der Waals surface area contributed by atoms with Gasteiger partial charge in [-0.2, -0.15) is 0 Å². The minimum Gasteiger partial charge on any atom is -0.500 e. The van der Waals surface area contributed by atoms with E-state index in [0.717, 1.165) is 11.4 Å². The Morgan fingerprint density at radius 3 is 2.69 bits per heavy atom. The fourth-order valence-electron chi connectivity index (χ4n) is 1.44. The van der Waals surface area contributed by atoms with Gasteiger partial charge in [-0.1, -0.05) is 0 Å². The first-order valence-electron chi connectivity index (χ1n) is 5.05. The predicted molar refractivity (Wildman–Crippen MR) is 60.3 cm³/mol. The summed E-state index contributed by atoms with van der Waals surface area (Å²) in [5, 5.41) is 2.79. The largest absolute Gasteiger partial charge is 0.500 e. The smallest absolute Gasteiger partial charge is 0.254 e. The summed E-state index contributed by atoms with van der Waals surface area (Å²) in [6, 6.07) is 7.20. The lowest BCUT2D eigenvalue weighted by atomic mass is 10.2. The molecule has 0 unspecified atom stereocenters. The zero-order valence-electron chi connectivity index (χ0n) is 9.03. The van der Waals surface area contributed by atoms with Gasteiger partial charge in [0.25, 0.3) is 5.91 Å². The highest BCUT2D eigenvalue weighted by atomic mass is 16.5. The molecule has 0 aromatic heterocycles. The van der Waals surface area contributed by atoms with Crippen LogP contribution in [-0.2, 0) is 9.53 Å². The van der Waals surface area contributed by atoms with Crippen LogP contribution < -0.4 is 10.1 Å². The van der Waals surface area contributed by atoms with E-state index in [2.05, 4.69) is 5.32 Å². The Hall–Kier alpha value is -1.97. The van der Waals surface area contributed by atoms with Gasteiger partial charge in [0.05, 0.1) is 25.6 Å². The molecule has 16 heavy (non-hydrogen) atoms. The maximum atomic E-state index is 11.7. The summed E-state index contributed by atoms with van der Waals surface area (Å²) in [5.41, 5.74) is 1.43. The number of anilines is 1. The number of methoxy groups -OCH3 is 1. The van der Waals surface area contributed by atoms with Gasteiger partial charge in [-0.05, 0) is 24.3 Å². The third-order valence-corrected chi connectivity index (χ3v) is 2.35. The van der Waals surface area contributed by atoms with Gasteiger partial charge >= 0.3 is 0 Å². The van der Waals surface area contributed by atoms with Crippen molar-refractivity contribution in [2.24, 2.45) is 0 Å². The van der Waals surface area contributed by atoms with Crippen LogP contribution >= 0.6 is 0 Å². The molecule has 2 rings (SSSR count). The molecule has 1 aliphatic rings. The van der Waals surface area contributed by atoms with E-state index in [0.29, 0.717) is 18.6 Å². The lowest BCUT2D eigenvalue weighted by Gasteiger charge is -2.05. The van der Waals surface area contributed by atoms with Crippen LogP contribution in [0.5, 0.6) is 5.75 Å². The van der Waals surface area contributed by atoms with E-state index in [1.165, 1.54) is 6.26 Å². The van der Waals surface area contributed by atoms with Gasteiger partial charge < -0.3 is 14.8 Å². The minimum atomic E-state index is -0.109. The highest BCUT2D eigenvalue weighted by molar-refractivity contribution is 6.03. The van der Waals surface area contributed by atoms with Gasteiger partial charge in [0.15, 0.2) is 0 Å². The number of ether oxygens (including phenoxy) is 2. The number of benzene rings is 1. The van der Waals surface area contributed by atoms with Gasteiger partial charge in [-0.15, -0.1) is 0 Å². The first kappa shape index (κ1) is 10.5.